The van der Waals surface area contributed by atoms with Gasteiger partial charge in [-0.05, 0) is 6.92 Å². The third kappa shape index (κ3) is 3.12. The Morgan fingerprint density at radius 2 is 2.21 bits per heavy atom. The number of carbonyl (C=O) groups excluding carboxylic acids is 1. The molecule has 0 aliphatic rings. The van der Waals surface area contributed by atoms with E-state index in [1.165, 1.54) is 6.92 Å². The van der Waals surface area contributed by atoms with Gasteiger partial charge in [-0.15, -0.1) is 0 Å². The predicted octanol–water partition coefficient (Wildman–Crippen LogP) is 2.11. The molecule has 7 nitrogen and oxygen atoms in total. The molecule has 0 amide bonds. The lowest BCUT2D eigenvalue weighted by Gasteiger charge is -2.09. The zero-order valence-electron chi connectivity index (χ0n) is 10.1. The highest BCUT2D eigenvalue weighted by Gasteiger charge is 2.29. The molecule has 9 heteroatoms. The molecule has 0 N–H and O–H groups in total. The predicted molar refractivity (Wildman–Crippen MR) is 58.4 cm³/mol. The van der Waals surface area contributed by atoms with E-state index in [1.54, 1.807) is 0 Å². The fraction of sp³-hybridized carbons (Fsp3) is 0.400. The van der Waals surface area contributed by atoms with Gasteiger partial charge in [0, 0.05) is 6.07 Å². The van der Waals surface area contributed by atoms with Gasteiger partial charge in [-0.3, -0.25) is 10.1 Å². The van der Waals surface area contributed by atoms with Crippen molar-refractivity contribution >= 4 is 11.7 Å². The van der Waals surface area contributed by atoms with Crippen molar-refractivity contribution in [3.8, 4) is 5.88 Å². The quantitative estimate of drug-likeness (QED) is 0.464. The van der Waals surface area contributed by atoms with Gasteiger partial charge in [-0.1, -0.05) is 0 Å². The summed E-state index contributed by atoms with van der Waals surface area (Å²) in [6.07, 6.45) is -3.16. The summed E-state index contributed by atoms with van der Waals surface area (Å²) in [5.41, 5.74) is -2.39. The van der Waals surface area contributed by atoms with Gasteiger partial charge >= 0.3 is 5.97 Å². The lowest BCUT2D eigenvalue weighted by atomic mass is 10.2. The maximum atomic E-state index is 12.6. The van der Waals surface area contributed by atoms with Crippen molar-refractivity contribution in [3.05, 3.63) is 27.4 Å². The molecule has 0 bridgehead atoms. The number of methoxy groups -OCH3 is 1. The van der Waals surface area contributed by atoms with Crippen LogP contribution in [0.5, 0.6) is 5.88 Å². The van der Waals surface area contributed by atoms with Crippen molar-refractivity contribution in [2.75, 3.05) is 13.7 Å². The van der Waals surface area contributed by atoms with Crippen LogP contribution < -0.4 is 4.74 Å². The van der Waals surface area contributed by atoms with Crippen molar-refractivity contribution in [1.29, 1.82) is 0 Å². The van der Waals surface area contributed by atoms with Crippen LogP contribution in [0.1, 0.15) is 29.4 Å². The highest BCUT2D eigenvalue weighted by Crippen LogP contribution is 2.32. The molecule has 0 radical (unpaired) electrons. The Morgan fingerprint density at radius 3 is 2.63 bits per heavy atom. The molecule has 0 aromatic carbocycles. The molecule has 0 atom stereocenters. The van der Waals surface area contributed by atoms with E-state index >= 15 is 0 Å². The summed E-state index contributed by atoms with van der Waals surface area (Å²) in [6.45, 7) is 1.55. The number of hydrogen-bond acceptors (Lipinski definition) is 6. The van der Waals surface area contributed by atoms with E-state index < -0.39 is 34.6 Å². The van der Waals surface area contributed by atoms with E-state index in [4.69, 9.17) is 0 Å². The molecule has 1 aromatic heterocycles. The topological polar surface area (TPSA) is 91.6 Å². The average Bonchev–Trinajstić information content (AvgIpc) is 2.37. The summed E-state index contributed by atoms with van der Waals surface area (Å²) in [5.74, 6) is -1.38. The molecular weight excluding hydrogens is 266 g/mol. The Bertz CT molecular complexity index is 507. The lowest BCUT2D eigenvalue weighted by Crippen LogP contribution is -2.11. The molecular formula is C10H10F2N2O5. The van der Waals surface area contributed by atoms with Crippen LogP contribution in [0.4, 0.5) is 14.5 Å². The normalized spacial score (nSPS) is 10.4. The monoisotopic (exact) mass is 276 g/mol. The highest BCUT2D eigenvalue weighted by atomic mass is 19.3. The third-order valence-corrected chi connectivity index (χ3v) is 2.09. The van der Waals surface area contributed by atoms with E-state index in [0.717, 1.165) is 7.11 Å². The minimum absolute atomic E-state index is 0.0202. The second-order valence-electron chi connectivity index (χ2n) is 3.23. The summed E-state index contributed by atoms with van der Waals surface area (Å²) < 4.78 is 34.6. The van der Waals surface area contributed by atoms with Gasteiger partial charge in [-0.2, -0.15) is 0 Å². The van der Waals surface area contributed by atoms with Crippen LogP contribution >= 0.6 is 0 Å². The van der Waals surface area contributed by atoms with Gasteiger partial charge in [0.05, 0.1) is 18.6 Å². The first-order chi connectivity index (χ1) is 8.92. The molecule has 0 aliphatic carbocycles. The smallest absolute Gasteiger partial charge is 0.343 e. The van der Waals surface area contributed by atoms with Crippen LogP contribution in [0, 0.1) is 10.1 Å². The summed E-state index contributed by atoms with van der Waals surface area (Å²) in [4.78, 5) is 24.5. The molecule has 1 heterocycles. The maximum absolute atomic E-state index is 12.6. The first-order valence-corrected chi connectivity index (χ1v) is 5.10. The van der Waals surface area contributed by atoms with Crippen LogP contribution in [0.2, 0.25) is 0 Å². The highest BCUT2D eigenvalue weighted by molar-refractivity contribution is 5.92. The number of ether oxygens (including phenoxy) is 2. The van der Waals surface area contributed by atoms with Crippen molar-refractivity contribution < 1.29 is 28.0 Å². The maximum Gasteiger partial charge on any atom is 0.343 e. The number of alkyl halides is 2. The van der Waals surface area contributed by atoms with E-state index in [9.17, 15) is 23.7 Å². The minimum atomic E-state index is -3.16. The number of nitro groups is 1. The summed E-state index contributed by atoms with van der Waals surface area (Å²) in [5, 5.41) is 10.7. The first kappa shape index (κ1) is 14.7. The fourth-order valence-corrected chi connectivity index (χ4v) is 1.32. The Morgan fingerprint density at radius 1 is 1.58 bits per heavy atom. The van der Waals surface area contributed by atoms with Crippen molar-refractivity contribution in [1.82, 2.24) is 4.98 Å². The van der Waals surface area contributed by atoms with Crippen LogP contribution in [0.25, 0.3) is 0 Å². The second-order valence-corrected chi connectivity index (χ2v) is 3.23. The van der Waals surface area contributed by atoms with E-state index in [1.807, 2.05) is 0 Å². The van der Waals surface area contributed by atoms with Gasteiger partial charge in [0.25, 0.3) is 12.1 Å². The Hall–Kier alpha value is -2.32. The molecule has 0 aliphatic heterocycles. The molecule has 1 aromatic rings. The largest absolute Gasteiger partial charge is 0.480 e. The SMILES string of the molecule is CCOC(=O)c1cc([N+](=O)[O-])c(C(F)F)nc1OC. The second kappa shape index (κ2) is 6.03. The van der Waals surface area contributed by atoms with Gasteiger partial charge in [0.15, 0.2) is 5.69 Å². The number of pyridine rings is 1. The van der Waals surface area contributed by atoms with Crippen LogP contribution in [-0.4, -0.2) is 29.6 Å². The number of hydrogen-bond donors (Lipinski definition) is 0. The number of aromatic nitrogens is 1. The van der Waals surface area contributed by atoms with Crippen LogP contribution in [0.3, 0.4) is 0 Å². The number of rotatable bonds is 5. The Balaban J connectivity index is 3.43. The van der Waals surface area contributed by atoms with E-state index in [-0.39, 0.29) is 12.2 Å². The van der Waals surface area contributed by atoms with E-state index in [2.05, 4.69) is 14.5 Å². The number of esters is 1. The van der Waals surface area contributed by atoms with Gasteiger partial charge in [-0.25, -0.2) is 18.6 Å². The number of halogens is 2. The minimum Gasteiger partial charge on any atom is -0.480 e. The Kier molecular flexibility index (Phi) is 4.67. The zero-order valence-corrected chi connectivity index (χ0v) is 10.1. The number of carbonyl (C=O) groups is 1. The molecule has 0 unspecified atom stereocenters. The standard InChI is InChI=1S/C10H10F2N2O5/c1-3-19-10(15)5-4-6(14(16)17)7(8(11)12)13-9(5)18-2/h4,8H,3H2,1-2H3. The van der Waals surface area contributed by atoms with Crippen LogP contribution in [-0.2, 0) is 4.74 Å². The van der Waals surface area contributed by atoms with Crippen molar-refractivity contribution in [2.45, 2.75) is 13.3 Å². The Labute approximate surface area is 106 Å². The summed E-state index contributed by atoms with van der Waals surface area (Å²) in [6, 6.07) is 0.672. The molecule has 19 heavy (non-hydrogen) atoms. The molecule has 0 spiro atoms. The molecule has 0 saturated heterocycles. The third-order valence-electron chi connectivity index (χ3n) is 2.09. The molecule has 0 saturated carbocycles. The zero-order chi connectivity index (χ0) is 14.6. The molecule has 104 valence electrons. The molecule has 1 rings (SSSR count). The lowest BCUT2D eigenvalue weighted by molar-refractivity contribution is -0.386. The van der Waals surface area contributed by atoms with Gasteiger partial charge in [0.2, 0.25) is 5.88 Å². The van der Waals surface area contributed by atoms with Gasteiger partial charge < -0.3 is 9.47 Å². The number of nitrogens with zero attached hydrogens (tertiary/aromatic N) is 2. The summed E-state index contributed by atoms with van der Waals surface area (Å²) >= 11 is 0. The van der Waals surface area contributed by atoms with Gasteiger partial charge in [0.1, 0.15) is 5.56 Å². The van der Waals surface area contributed by atoms with Crippen molar-refractivity contribution in [2.24, 2.45) is 0 Å². The van der Waals surface area contributed by atoms with Crippen molar-refractivity contribution in [3.63, 3.8) is 0 Å². The average molecular weight is 276 g/mol. The summed E-state index contributed by atoms with van der Waals surface area (Å²) in [7, 11) is 1.10. The van der Waals surface area contributed by atoms with Crippen LogP contribution in [0.15, 0.2) is 6.07 Å². The fourth-order valence-electron chi connectivity index (χ4n) is 1.32. The molecule has 0 fully saturated rings. The van der Waals surface area contributed by atoms with E-state index in [0.29, 0.717) is 6.07 Å². The first-order valence-electron chi connectivity index (χ1n) is 5.10.